The first-order chi connectivity index (χ1) is 17.5. The predicted molar refractivity (Wildman–Crippen MR) is 123 cm³/mol. The van der Waals surface area contributed by atoms with Gasteiger partial charge in [0.1, 0.15) is 17.7 Å². The Morgan fingerprint density at radius 2 is 1.86 bits per heavy atom. The lowest BCUT2D eigenvalue weighted by atomic mass is 9.90. The van der Waals surface area contributed by atoms with E-state index in [4.69, 9.17) is 4.74 Å². The van der Waals surface area contributed by atoms with E-state index in [-0.39, 0.29) is 37.1 Å². The van der Waals surface area contributed by atoms with E-state index < -0.39 is 56.4 Å². The van der Waals surface area contributed by atoms with Crippen LogP contribution in [0.4, 0.5) is 17.6 Å². The molecule has 196 valence electrons. The van der Waals surface area contributed by atoms with Crippen molar-refractivity contribution in [1.29, 1.82) is 5.26 Å². The number of nitrogens with one attached hydrogen (secondary N) is 1. The van der Waals surface area contributed by atoms with Crippen LogP contribution in [0.25, 0.3) is 11.1 Å². The SMILES string of the molecule is N#C[C@]1(C(=O)N2CC3(CC3)[C@H](NS(=O)(=O)C(F)F)[C@@H]2Cc2cc(F)cc(-c3ccccc3)c2F)CCO1. The van der Waals surface area contributed by atoms with Crippen molar-refractivity contribution in [1.82, 2.24) is 9.62 Å². The molecule has 1 saturated carbocycles. The molecule has 2 aromatic carbocycles. The van der Waals surface area contributed by atoms with Crippen LogP contribution in [0.2, 0.25) is 0 Å². The molecule has 2 aliphatic heterocycles. The van der Waals surface area contributed by atoms with Gasteiger partial charge in [0.25, 0.3) is 15.9 Å². The van der Waals surface area contributed by atoms with Crippen LogP contribution in [-0.2, 0) is 26.0 Å². The average molecular weight is 538 g/mol. The monoisotopic (exact) mass is 537 g/mol. The number of carbonyl (C=O) groups is 1. The first-order valence-electron chi connectivity index (χ1n) is 11.7. The summed E-state index contributed by atoms with van der Waals surface area (Å²) in [5, 5.41) is 9.61. The number of sulfonamides is 1. The zero-order chi connectivity index (χ0) is 26.6. The van der Waals surface area contributed by atoms with E-state index >= 15 is 4.39 Å². The molecule has 1 amide bonds. The van der Waals surface area contributed by atoms with Gasteiger partial charge < -0.3 is 9.64 Å². The Balaban J connectivity index is 1.57. The molecule has 3 fully saturated rings. The molecule has 1 aliphatic carbocycles. The van der Waals surface area contributed by atoms with Crippen molar-refractivity contribution < 1.29 is 35.5 Å². The number of nitrogens with zero attached hydrogens (tertiary/aromatic N) is 2. The first-order valence-corrected chi connectivity index (χ1v) is 13.3. The maximum Gasteiger partial charge on any atom is 0.350 e. The molecule has 37 heavy (non-hydrogen) atoms. The lowest BCUT2D eigenvalue weighted by molar-refractivity contribution is -0.172. The average Bonchev–Trinajstić information content (AvgIpc) is 3.56. The minimum atomic E-state index is -5.07. The highest BCUT2D eigenvalue weighted by Crippen LogP contribution is 2.56. The van der Waals surface area contributed by atoms with Crippen molar-refractivity contribution >= 4 is 15.9 Å². The summed E-state index contributed by atoms with van der Waals surface area (Å²) in [6.45, 7) is 0.144. The molecular weight excluding hydrogens is 514 g/mol. The molecule has 0 bridgehead atoms. The lowest BCUT2D eigenvalue weighted by Gasteiger charge is -2.39. The lowest BCUT2D eigenvalue weighted by Crippen LogP contribution is -2.59. The maximum absolute atomic E-state index is 15.7. The maximum atomic E-state index is 15.7. The molecule has 1 N–H and O–H groups in total. The third-order valence-corrected chi connectivity index (χ3v) is 8.62. The fourth-order valence-corrected chi connectivity index (χ4v) is 6.21. The summed E-state index contributed by atoms with van der Waals surface area (Å²) in [5.41, 5.74) is -2.41. The minimum Gasteiger partial charge on any atom is -0.352 e. The van der Waals surface area contributed by atoms with Gasteiger partial charge in [-0.1, -0.05) is 30.3 Å². The van der Waals surface area contributed by atoms with Gasteiger partial charge in [-0.2, -0.15) is 14.0 Å². The van der Waals surface area contributed by atoms with Gasteiger partial charge in [-0.15, -0.1) is 0 Å². The minimum absolute atomic E-state index is 0.0256. The number of rotatable bonds is 7. The van der Waals surface area contributed by atoms with Crippen LogP contribution in [0, 0.1) is 28.4 Å². The molecule has 5 rings (SSSR count). The smallest absolute Gasteiger partial charge is 0.350 e. The van der Waals surface area contributed by atoms with Gasteiger partial charge >= 0.3 is 5.76 Å². The van der Waals surface area contributed by atoms with E-state index in [9.17, 15) is 31.6 Å². The fourth-order valence-electron chi connectivity index (χ4n) is 5.35. The summed E-state index contributed by atoms with van der Waals surface area (Å²) in [7, 11) is -5.07. The highest BCUT2D eigenvalue weighted by molar-refractivity contribution is 7.89. The number of halogens is 4. The number of ether oxygens (including phenoxy) is 1. The summed E-state index contributed by atoms with van der Waals surface area (Å²) < 4.78 is 88.6. The van der Waals surface area contributed by atoms with Gasteiger partial charge in [0.2, 0.25) is 5.60 Å². The van der Waals surface area contributed by atoms with Crippen LogP contribution in [0.3, 0.4) is 0 Å². The zero-order valence-corrected chi connectivity index (χ0v) is 20.3. The summed E-state index contributed by atoms with van der Waals surface area (Å²) >= 11 is 0. The third kappa shape index (κ3) is 4.39. The van der Waals surface area contributed by atoms with E-state index in [1.54, 1.807) is 30.3 Å². The molecule has 7 nitrogen and oxygen atoms in total. The third-order valence-electron chi connectivity index (χ3n) is 7.56. The van der Waals surface area contributed by atoms with Crippen molar-refractivity contribution in [3.63, 3.8) is 0 Å². The molecule has 0 aromatic heterocycles. The standard InChI is InChI=1S/C25H23F4N3O4S/c26-17-10-16(20(27)18(12-17)15-4-2-1-3-5-15)11-19-21(31-37(34,35)23(28)29)24(6-7-24)14-32(19)22(33)25(13-30)8-9-36-25/h1-5,10,12,19,21,23,31H,6-9,11,14H2/t19-,21+,25-/m0/s1. The molecule has 3 aliphatic rings. The number of benzene rings is 2. The Hall–Kier alpha value is -3.01. The number of hydrogen-bond acceptors (Lipinski definition) is 5. The van der Waals surface area contributed by atoms with Crippen LogP contribution in [0.15, 0.2) is 42.5 Å². The Labute approximate surface area is 211 Å². The van der Waals surface area contributed by atoms with Crippen LogP contribution in [0.1, 0.15) is 24.8 Å². The number of hydrogen-bond donors (Lipinski definition) is 1. The normalized spacial score (nSPS) is 26.2. The van der Waals surface area contributed by atoms with Gasteiger partial charge in [0, 0.05) is 30.0 Å². The topological polar surface area (TPSA) is 99.5 Å². The Kier molecular flexibility index (Phi) is 6.29. The predicted octanol–water partition coefficient (Wildman–Crippen LogP) is 3.36. The number of nitriles is 1. The summed E-state index contributed by atoms with van der Waals surface area (Å²) in [5.74, 6) is -5.99. The molecule has 12 heteroatoms. The number of likely N-dealkylation sites (tertiary alicyclic amines) is 1. The van der Waals surface area contributed by atoms with Crippen LogP contribution in [0.5, 0.6) is 0 Å². The molecule has 0 unspecified atom stereocenters. The van der Waals surface area contributed by atoms with Crippen molar-refractivity contribution in [2.75, 3.05) is 13.2 Å². The quantitative estimate of drug-likeness (QED) is 0.547. The molecule has 0 radical (unpaired) electrons. The van der Waals surface area contributed by atoms with E-state index in [1.165, 1.54) is 4.90 Å². The van der Waals surface area contributed by atoms with E-state index in [2.05, 4.69) is 0 Å². The van der Waals surface area contributed by atoms with Gasteiger partial charge in [0.05, 0.1) is 12.6 Å². The molecule has 2 heterocycles. The highest BCUT2D eigenvalue weighted by Gasteiger charge is 2.64. The first kappa shape index (κ1) is 25.6. The van der Waals surface area contributed by atoms with E-state index in [0.29, 0.717) is 18.4 Å². The number of carbonyl (C=O) groups excluding carboxylic acids is 1. The fraction of sp³-hybridized carbons (Fsp3) is 0.440. The van der Waals surface area contributed by atoms with Crippen LogP contribution >= 0.6 is 0 Å². The highest BCUT2D eigenvalue weighted by atomic mass is 32.2. The Morgan fingerprint density at radius 1 is 1.19 bits per heavy atom. The number of amides is 1. The Bertz CT molecular complexity index is 1370. The van der Waals surface area contributed by atoms with Crippen LogP contribution in [-0.4, -0.2) is 55.8 Å². The molecule has 2 saturated heterocycles. The second-order valence-corrected chi connectivity index (χ2v) is 11.5. The largest absolute Gasteiger partial charge is 0.352 e. The van der Waals surface area contributed by atoms with Gasteiger partial charge in [-0.25, -0.2) is 21.9 Å². The Morgan fingerprint density at radius 3 is 2.41 bits per heavy atom. The summed E-state index contributed by atoms with van der Waals surface area (Å²) in [6, 6.07) is 9.69. The van der Waals surface area contributed by atoms with E-state index in [0.717, 1.165) is 12.1 Å². The second kappa shape index (κ2) is 9.08. The van der Waals surface area contributed by atoms with Crippen LogP contribution < -0.4 is 4.72 Å². The van der Waals surface area contributed by atoms with Crippen molar-refractivity contribution in [2.24, 2.45) is 5.41 Å². The van der Waals surface area contributed by atoms with E-state index in [1.807, 2.05) is 10.8 Å². The molecule has 3 atom stereocenters. The second-order valence-electron chi connectivity index (χ2n) is 9.80. The van der Waals surface area contributed by atoms with Crippen molar-refractivity contribution in [3.8, 4) is 17.2 Å². The van der Waals surface area contributed by atoms with Crippen molar-refractivity contribution in [2.45, 2.75) is 49.1 Å². The number of alkyl halides is 2. The zero-order valence-electron chi connectivity index (χ0n) is 19.5. The van der Waals surface area contributed by atoms with Gasteiger partial charge in [-0.05, 0) is 42.5 Å². The van der Waals surface area contributed by atoms with Gasteiger partial charge in [0.15, 0.2) is 0 Å². The molecular formula is C25H23F4N3O4S. The molecule has 1 spiro atoms. The van der Waals surface area contributed by atoms with Gasteiger partial charge in [-0.3, -0.25) is 4.79 Å². The van der Waals surface area contributed by atoms with Crippen molar-refractivity contribution in [3.05, 3.63) is 59.7 Å². The summed E-state index contributed by atoms with van der Waals surface area (Å²) in [6.07, 6.45) is 0.614. The summed E-state index contributed by atoms with van der Waals surface area (Å²) in [4.78, 5) is 14.7. The molecule has 2 aromatic rings.